The Morgan fingerprint density at radius 3 is 2.42 bits per heavy atom. The molecule has 2 aromatic rings. The Labute approximate surface area is 144 Å². The predicted octanol–water partition coefficient (Wildman–Crippen LogP) is 4.00. The Kier molecular flexibility index (Phi) is 5.65. The monoisotopic (exact) mass is 323 g/mol. The molecule has 1 heterocycles. The SMILES string of the molecule is COC(=O)[C@@H](c1ccccc1)[C@@H]1CCCCN1Cc1ccccc1. The number of nitrogens with zero attached hydrogens (tertiary/aromatic N) is 1. The van der Waals surface area contributed by atoms with Crippen LogP contribution in [0.25, 0.3) is 0 Å². The average Bonchev–Trinajstić information content (AvgIpc) is 2.65. The largest absolute Gasteiger partial charge is 0.469 e. The number of likely N-dealkylation sites (tertiary alicyclic amines) is 1. The molecule has 3 nitrogen and oxygen atoms in total. The van der Waals surface area contributed by atoms with Gasteiger partial charge in [-0.15, -0.1) is 0 Å². The Balaban J connectivity index is 1.87. The second-order valence-corrected chi connectivity index (χ2v) is 6.43. The van der Waals surface area contributed by atoms with Gasteiger partial charge in [-0.25, -0.2) is 0 Å². The molecule has 2 aromatic carbocycles. The van der Waals surface area contributed by atoms with Crippen molar-refractivity contribution >= 4 is 5.97 Å². The number of carbonyl (C=O) groups excluding carboxylic acids is 1. The van der Waals surface area contributed by atoms with Crippen molar-refractivity contribution in [3.8, 4) is 0 Å². The maximum atomic E-state index is 12.6. The van der Waals surface area contributed by atoms with Crippen LogP contribution in [-0.4, -0.2) is 30.6 Å². The van der Waals surface area contributed by atoms with Crippen molar-refractivity contribution in [1.82, 2.24) is 4.90 Å². The first-order chi connectivity index (χ1) is 11.8. The molecule has 1 aliphatic heterocycles. The summed E-state index contributed by atoms with van der Waals surface area (Å²) in [5, 5.41) is 0. The van der Waals surface area contributed by atoms with E-state index in [2.05, 4.69) is 29.2 Å². The summed E-state index contributed by atoms with van der Waals surface area (Å²) >= 11 is 0. The van der Waals surface area contributed by atoms with Crippen LogP contribution >= 0.6 is 0 Å². The topological polar surface area (TPSA) is 29.5 Å². The first kappa shape index (κ1) is 16.7. The molecule has 3 rings (SSSR count). The fraction of sp³-hybridized carbons (Fsp3) is 0.381. The predicted molar refractivity (Wildman–Crippen MR) is 95.7 cm³/mol. The summed E-state index contributed by atoms with van der Waals surface area (Å²) in [5.74, 6) is -0.355. The number of hydrogen-bond donors (Lipinski definition) is 0. The fourth-order valence-electron chi connectivity index (χ4n) is 3.71. The highest BCUT2D eigenvalue weighted by atomic mass is 16.5. The van der Waals surface area contributed by atoms with E-state index in [0.29, 0.717) is 0 Å². The molecular weight excluding hydrogens is 298 g/mol. The van der Waals surface area contributed by atoms with Crippen molar-refractivity contribution in [2.24, 2.45) is 0 Å². The average molecular weight is 323 g/mol. The standard InChI is InChI=1S/C21H25NO2/c1-24-21(23)20(18-12-6-3-7-13-18)19-14-8-9-15-22(19)16-17-10-4-2-5-11-17/h2-7,10-13,19-20H,8-9,14-16H2,1H3/t19-,20-/m0/s1. The highest BCUT2D eigenvalue weighted by Gasteiger charge is 2.36. The van der Waals surface area contributed by atoms with E-state index in [1.807, 2.05) is 36.4 Å². The molecule has 0 unspecified atom stereocenters. The third kappa shape index (κ3) is 3.85. The number of methoxy groups -OCH3 is 1. The van der Waals surface area contributed by atoms with E-state index in [4.69, 9.17) is 4.74 Å². The highest BCUT2D eigenvalue weighted by Crippen LogP contribution is 2.32. The van der Waals surface area contributed by atoms with Crippen LogP contribution in [0, 0.1) is 0 Å². The second kappa shape index (κ2) is 8.11. The van der Waals surface area contributed by atoms with Crippen LogP contribution in [0.4, 0.5) is 0 Å². The molecule has 2 atom stereocenters. The summed E-state index contributed by atoms with van der Waals surface area (Å²) < 4.78 is 5.15. The Morgan fingerprint density at radius 2 is 1.75 bits per heavy atom. The zero-order valence-corrected chi connectivity index (χ0v) is 14.2. The van der Waals surface area contributed by atoms with Gasteiger partial charge in [0.05, 0.1) is 13.0 Å². The summed E-state index contributed by atoms with van der Waals surface area (Å²) in [5.41, 5.74) is 2.34. The van der Waals surface area contributed by atoms with E-state index in [1.54, 1.807) is 0 Å². The smallest absolute Gasteiger partial charge is 0.314 e. The summed E-state index contributed by atoms with van der Waals surface area (Å²) in [6.07, 6.45) is 3.38. The summed E-state index contributed by atoms with van der Waals surface area (Å²) in [7, 11) is 1.49. The lowest BCUT2D eigenvalue weighted by Crippen LogP contribution is -2.45. The minimum absolute atomic E-state index is 0.133. The van der Waals surface area contributed by atoms with Crippen LogP contribution in [0.15, 0.2) is 60.7 Å². The third-order valence-electron chi connectivity index (χ3n) is 4.89. The van der Waals surface area contributed by atoms with Gasteiger partial charge in [0.2, 0.25) is 0 Å². The van der Waals surface area contributed by atoms with Gasteiger partial charge in [0.25, 0.3) is 0 Å². The molecule has 1 saturated heterocycles. The molecule has 3 heteroatoms. The maximum Gasteiger partial charge on any atom is 0.314 e. The number of rotatable bonds is 5. The van der Waals surface area contributed by atoms with E-state index in [9.17, 15) is 4.79 Å². The molecule has 0 radical (unpaired) electrons. The van der Waals surface area contributed by atoms with Crippen molar-refractivity contribution in [2.45, 2.75) is 37.8 Å². The summed E-state index contributed by atoms with van der Waals surface area (Å²) in [6, 6.07) is 20.7. The zero-order chi connectivity index (χ0) is 16.8. The molecular formula is C21H25NO2. The number of piperidine rings is 1. The molecule has 1 aliphatic rings. The number of benzene rings is 2. The number of carbonyl (C=O) groups is 1. The van der Waals surface area contributed by atoms with E-state index >= 15 is 0 Å². The van der Waals surface area contributed by atoms with Gasteiger partial charge in [-0.2, -0.15) is 0 Å². The van der Waals surface area contributed by atoms with Gasteiger partial charge in [-0.05, 0) is 30.5 Å². The molecule has 0 saturated carbocycles. The van der Waals surface area contributed by atoms with Crippen LogP contribution in [0.5, 0.6) is 0 Å². The van der Waals surface area contributed by atoms with Gasteiger partial charge < -0.3 is 4.74 Å². The highest BCUT2D eigenvalue weighted by molar-refractivity contribution is 5.79. The minimum Gasteiger partial charge on any atom is -0.469 e. The maximum absolute atomic E-state index is 12.6. The van der Waals surface area contributed by atoms with Crippen LogP contribution in [0.2, 0.25) is 0 Å². The number of esters is 1. The van der Waals surface area contributed by atoms with Crippen molar-refractivity contribution in [3.63, 3.8) is 0 Å². The molecule has 126 valence electrons. The lowest BCUT2D eigenvalue weighted by atomic mass is 9.85. The van der Waals surface area contributed by atoms with Crippen molar-refractivity contribution in [2.75, 3.05) is 13.7 Å². The van der Waals surface area contributed by atoms with E-state index in [0.717, 1.165) is 31.5 Å². The van der Waals surface area contributed by atoms with Crippen LogP contribution < -0.4 is 0 Å². The molecule has 0 amide bonds. The fourth-order valence-corrected chi connectivity index (χ4v) is 3.71. The minimum atomic E-state index is -0.222. The summed E-state index contributed by atoms with van der Waals surface area (Å²) in [6.45, 7) is 1.91. The van der Waals surface area contributed by atoms with Gasteiger partial charge in [0.15, 0.2) is 0 Å². The van der Waals surface area contributed by atoms with Crippen molar-refractivity contribution in [3.05, 3.63) is 71.8 Å². The van der Waals surface area contributed by atoms with Crippen LogP contribution in [0.1, 0.15) is 36.3 Å². The number of hydrogen-bond acceptors (Lipinski definition) is 3. The number of ether oxygens (including phenoxy) is 1. The van der Waals surface area contributed by atoms with E-state index < -0.39 is 0 Å². The molecule has 24 heavy (non-hydrogen) atoms. The molecule has 0 bridgehead atoms. The van der Waals surface area contributed by atoms with Crippen molar-refractivity contribution < 1.29 is 9.53 Å². The van der Waals surface area contributed by atoms with Crippen molar-refractivity contribution in [1.29, 1.82) is 0 Å². The van der Waals surface area contributed by atoms with Gasteiger partial charge >= 0.3 is 5.97 Å². The van der Waals surface area contributed by atoms with E-state index in [-0.39, 0.29) is 17.9 Å². The lowest BCUT2D eigenvalue weighted by molar-refractivity contribution is -0.144. The van der Waals surface area contributed by atoms with Gasteiger partial charge in [0.1, 0.15) is 0 Å². The van der Waals surface area contributed by atoms with Gasteiger partial charge in [-0.3, -0.25) is 9.69 Å². The molecule has 0 spiro atoms. The first-order valence-electron chi connectivity index (χ1n) is 8.70. The third-order valence-corrected chi connectivity index (χ3v) is 4.89. The quantitative estimate of drug-likeness (QED) is 0.779. The Morgan fingerprint density at radius 1 is 1.08 bits per heavy atom. The Hall–Kier alpha value is -2.13. The van der Waals surface area contributed by atoms with Crippen LogP contribution in [0.3, 0.4) is 0 Å². The lowest BCUT2D eigenvalue weighted by Gasteiger charge is -2.39. The normalized spacial score (nSPS) is 19.6. The molecule has 0 aromatic heterocycles. The van der Waals surface area contributed by atoms with Gasteiger partial charge in [-0.1, -0.05) is 67.1 Å². The second-order valence-electron chi connectivity index (χ2n) is 6.43. The first-order valence-corrected chi connectivity index (χ1v) is 8.70. The summed E-state index contributed by atoms with van der Waals surface area (Å²) in [4.78, 5) is 15.0. The van der Waals surface area contributed by atoms with Gasteiger partial charge in [0, 0.05) is 12.6 Å². The molecule has 1 fully saturated rings. The Bertz CT molecular complexity index is 641. The van der Waals surface area contributed by atoms with E-state index in [1.165, 1.54) is 19.1 Å². The zero-order valence-electron chi connectivity index (χ0n) is 14.2. The van der Waals surface area contributed by atoms with Crippen LogP contribution in [-0.2, 0) is 16.1 Å². The molecule has 0 aliphatic carbocycles. The molecule has 0 N–H and O–H groups in total.